The lowest BCUT2D eigenvalue weighted by molar-refractivity contribution is -0.125. The number of nitrogens with one attached hydrogen (secondary N) is 1. The van der Waals surface area contributed by atoms with Crippen LogP contribution < -0.4 is 10.1 Å². The van der Waals surface area contributed by atoms with Gasteiger partial charge in [0.15, 0.2) is 0 Å². The van der Waals surface area contributed by atoms with Crippen LogP contribution in [0.2, 0.25) is 0 Å². The number of carbonyl (C=O) groups is 2. The van der Waals surface area contributed by atoms with Gasteiger partial charge in [-0.3, -0.25) is 9.59 Å². The highest BCUT2D eigenvalue weighted by molar-refractivity contribution is 5.98. The standard InChI is InChI=1S/C25H30N2O3/c1-18-11-13-21(14-12-18)30-16-15-26-24(28)23-17-20-9-5-6-10-22(20)27(23)25(29)19-7-3-2-4-8-19/h2-4,7-8,11-14,20,22-23H,5-6,9-10,15-17H2,1H3,(H,26,28). The van der Waals surface area contributed by atoms with Crippen LogP contribution in [0.25, 0.3) is 0 Å². The third-order valence-electron chi connectivity index (χ3n) is 6.34. The number of fused-ring (bicyclic) bond motifs is 1. The lowest BCUT2D eigenvalue weighted by atomic mass is 9.84. The van der Waals surface area contributed by atoms with Crippen molar-refractivity contribution < 1.29 is 14.3 Å². The fraction of sp³-hybridized carbons (Fsp3) is 0.440. The summed E-state index contributed by atoms with van der Waals surface area (Å²) in [5.74, 6) is 1.12. The zero-order valence-corrected chi connectivity index (χ0v) is 17.5. The maximum absolute atomic E-state index is 13.3. The van der Waals surface area contributed by atoms with E-state index >= 15 is 0 Å². The topological polar surface area (TPSA) is 58.6 Å². The summed E-state index contributed by atoms with van der Waals surface area (Å²) in [5.41, 5.74) is 1.84. The molecule has 3 atom stereocenters. The summed E-state index contributed by atoms with van der Waals surface area (Å²) in [7, 11) is 0. The van der Waals surface area contributed by atoms with Crippen LogP contribution in [0, 0.1) is 12.8 Å². The Morgan fingerprint density at radius 2 is 1.77 bits per heavy atom. The molecular formula is C25H30N2O3. The number of hydrogen-bond donors (Lipinski definition) is 1. The molecule has 2 fully saturated rings. The van der Waals surface area contributed by atoms with Crippen molar-refractivity contribution in [3.63, 3.8) is 0 Å². The summed E-state index contributed by atoms with van der Waals surface area (Å²) in [6.07, 6.45) is 5.16. The van der Waals surface area contributed by atoms with Gasteiger partial charge in [0.1, 0.15) is 18.4 Å². The highest BCUT2D eigenvalue weighted by atomic mass is 16.5. The minimum atomic E-state index is -0.398. The lowest BCUT2D eigenvalue weighted by Gasteiger charge is -2.33. The van der Waals surface area contributed by atoms with Crippen LogP contribution in [0.4, 0.5) is 0 Å². The number of likely N-dealkylation sites (tertiary alicyclic amines) is 1. The summed E-state index contributed by atoms with van der Waals surface area (Å²) in [4.78, 5) is 28.2. The molecule has 30 heavy (non-hydrogen) atoms. The summed E-state index contributed by atoms with van der Waals surface area (Å²) in [5, 5.41) is 2.99. The van der Waals surface area contributed by atoms with Gasteiger partial charge in [-0.1, -0.05) is 48.7 Å². The van der Waals surface area contributed by atoms with E-state index < -0.39 is 6.04 Å². The molecule has 0 radical (unpaired) electrons. The maximum Gasteiger partial charge on any atom is 0.254 e. The van der Waals surface area contributed by atoms with E-state index in [0.29, 0.717) is 24.6 Å². The molecule has 3 unspecified atom stereocenters. The molecule has 2 aliphatic rings. The summed E-state index contributed by atoms with van der Waals surface area (Å²) in [6.45, 7) is 2.86. The van der Waals surface area contributed by atoms with Crippen LogP contribution in [0.3, 0.4) is 0 Å². The lowest BCUT2D eigenvalue weighted by Crippen LogP contribution is -2.50. The average molecular weight is 407 g/mol. The monoisotopic (exact) mass is 406 g/mol. The van der Waals surface area contributed by atoms with Crippen LogP contribution in [0.15, 0.2) is 54.6 Å². The molecule has 2 aromatic carbocycles. The molecule has 1 aliphatic carbocycles. The average Bonchev–Trinajstić information content (AvgIpc) is 3.17. The van der Waals surface area contributed by atoms with E-state index in [2.05, 4.69) is 5.32 Å². The second-order valence-electron chi connectivity index (χ2n) is 8.39. The molecule has 4 rings (SSSR count). The molecule has 1 heterocycles. The van der Waals surface area contributed by atoms with E-state index in [9.17, 15) is 9.59 Å². The van der Waals surface area contributed by atoms with Crippen molar-refractivity contribution in [3.8, 4) is 5.75 Å². The Morgan fingerprint density at radius 3 is 2.53 bits per heavy atom. The first-order chi connectivity index (χ1) is 14.6. The van der Waals surface area contributed by atoms with E-state index in [1.807, 2.05) is 66.4 Å². The first kappa shape index (κ1) is 20.5. The number of benzene rings is 2. The molecular weight excluding hydrogens is 376 g/mol. The van der Waals surface area contributed by atoms with Crippen molar-refractivity contribution in [2.24, 2.45) is 5.92 Å². The Kier molecular flexibility index (Phi) is 6.36. The largest absolute Gasteiger partial charge is 0.492 e. The molecule has 1 saturated carbocycles. The Labute approximate surface area is 178 Å². The van der Waals surface area contributed by atoms with Gasteiger partial charge < -0.3 is 15.0 Å². The molecule has 1 saturated heterocycles. The molecule has 0 spiro atoms. The Morgan fingerprint density at radius 1 is 1.03 bits per heavy atom. The Balaban J connectivity index is 1.39. The number of aryl methyl sites for hydroxylation is 1. The fourth-order valence-corrected chi connectivity index (χ4v) is 4.81. The van der Waals surface area contributed by atoms with Crippen molar-refractivity contribution in [1.82, 2.24) is 10.2 Å². The van der Waals surface area contributed by atoms with Crippen molar-refractivity contribution in [3.05, 3.63) is 65.7 Å². The van der Waals surface area contributed by atoms with Gasteiger partial charge in [-0.05, 0) is 56.4 Å². The van der Waals surface area contributed by atoms with Crippen molar-refractivity contribution >= 4 is 11.8 Å². The normalized spacial score (nSPS) is 23.0. The molecule has 1 aliphatic heterocycles. The molecule has 1 N–H and O–H groups in total. The van der Waals surface area contributed by atoms with Crippen LogP contribution in [0.5, 0.6) is 5.75 Å². The van der Waals surface area contributed by atoms with Crippen molar-refractivity contribution in [2.75, 3.05) is 13.2 Å². The van der Waals surface area contributed by atoms with Gasteiger partial charge in [0, 0.05) is 11.6 Å². The van der Waals surface area contributed by atoms with Gasteiger partial charge in [0.25, 0.3) is 5.91 Å². The second-order valence-corrected chi connectivity index (χ2v) is 8.39. The number of rotatable bonds is 6. The minimum absolute atomic E-state index is 0.0268. The number of ether oxygens (including phenoxy) is 1. The summed E-state index contributed by atoms with van der Waals surface area (Å²) in [6, 6.07) is 17.0. The third-order valence-corrected chi connectivity index (χ3v) is 6.34. The first-order valence-corrected chi connectivity index (χ1v) is 11.0. The number of carbonyl (C=O) groups excluding carboxylic acids is 2. The Bertz CT molecular complexity index is 866. The maximum atomic E-state index is 13.3. The zero-order valence-electron chi connectivity index (χ0n) is 17.5. The quantitative estimate of drug-likeness (QED) is 0.739. The van der Waals surface area contributed by atoms with Gasteiger partial charge in [0.2, 0.25) is 5.91 Å². The van der Waals surface area contributed by atoms with Crippen molar-refractivity contribution in [2.45, 2.75) is 51.1 Å². The molecule has 0 aromatic heterocycles. The third kappa shape index (κ3) is 4.50. The van der Waals surface area contributed by atoms with Crippen molar-refractivity contribution in [1.29, 1.82) is 0 Å². The highest BCUT2D eigenvalue weighted by Gasteiger charge is 2.47. The highest BCUT2D eigenvalue weighted by Crippen LogP contribution is 2.40. The van der Waals surface area contributed by atoms with Crippen LogP contribution in [-0.2, 0) is 4.79 Å². The fourth-order valence-electron chi connectivity index (χ4n) is 4.81. The van der Waals surface area contributed by atoms with Gasteiger partial charge >= 0.3 is 0 Å². The van der Waals surface area contributed by atoms with Gasteiger partial charge in [0.05, 0.1) is 6.54 Å². The first-order valence-electron chi connectivity index (χ1n) is 11.0. The molecule has 0 bridgehead atoms. The summed E-state index contributed by atoms with van der Waals surface area (Å²) >= 11 is 0. The van der Waals surface area contributed by atoms with E-state index in [4.69, 9.17) is 4.74 Å². The number of hydrogen-bond acceptors (Lipinski definition) is 3. The summed E-state index contributed by atoms with van der Waals surface area (Å²) < 4.78 is 5.72. The molecule has 5 nitrogen and oxygen atoms in total. The Hall–Kier alpha value is -2.82. The molecule has 2 amide bonds. The van der Waals surface area contributed by atoms with Crippen LogP contribution in [-0.4, -0.2) is 41.9 Å². The van der Waals surface area contributed by atoms with Gasteiger partial charge in [-0.15, -0.1) is 0 Å². The van der Waals surface area contributed by atoms with E-state index in [1.54, 1.807) is 0 Å². The van der Waals surface area contributed by atoms with Gasteiger partial charge in [-0.25, -0.2) is 0 Å². The minimum Gasteiger partial charge on any atom is -0.492 e. The van der Waals surface area contributed by atoms with Gasteiger partial charge in [-0.2, -0.15) is 0 Å². The molecule has 158 valence electrons. The predicted octanol–water partition coefficient (Wildman–Crippen LogP) is 3.96. The zero-order chi connectivity index (χ0) is 20.9. The predicted molar refractivity (Wildman–Crippen MR) is 116 cm³/mol. The number of amides is 2. The number of nitrogens with zero attached hydrogens (tertiary/aromatic N) is 1. The molecule has 2 aromatic rings. The molecule has 5 heteroatoms. The van der Waals surface area contributed by atoms with E-state index in [1.165, 1.54) is 12.0 Å². The van der Waals surface area contributed by atoms with E-state index in [-0.39, 0.29) is 17.9 Å². The smallest absolute Gasteiger partial charge is 0.254 e. The van der Waals surface area contributed by atoms with Crippen LogP contribution in [0.1, 0.15) is 48.0 Å². The van der Waals surface area contributed by atoms with Crippen LogP contribution >= 0.6 is 0 Å². The SMILES string of the molecule is Cc1ccc(OCCNC(=O)C2CC3CCCCC3N2C(=O)c2ccccc2)cc1. The second kappa shape index (κ2) is 9.33. The van der Waals surface area contributed by atoms with E-state index in [0.717, 1.165) is 31.4 Å².